The SMILES string of the molecule is NC=C(C=NC1CCN(C(=O)CCNc2ccc3c(c2)C(=O)N(C2CCC(=O)NC2=O)C3=O)CC1)c1cnc2cccc(-c3cc(F)c(CN4CCOCC4)c(F)c3)c2n1. The Labute approximate surface area is 343 Å². The van der Waals surface area contributed by atoms with Crippen molar-refractivity contribution in [1.82, 2.24) is 30.0 Å². The molecule has 1 aromatic heterocycles. The number of carbonyl (C=O) groups excluding carboxylic acids is 5. The van der Waals surface area contributed by atoms with E-state index in [1.54, 1.807) is 41.6 Å². The van der Waals surface area contributed by atoms with Gasteiger partial charge >= 0.3 is 0 Å². The maximum Gasteiger partial charge on any atom is 0.262 e. The summed E-state index contributed by atoms with van der Waals surface area (Å²) in [6, 6.07) is 11.5. The van der Waals surface area contributed by atoms with Crippen LogP contribution < -0.4 is 16.4 Å². The van der Waals surface area contributed by atoms with Crippen LogP contribution in [0, 0.1) is 11.6 Å². The van der Waals surface area contributed by atoms with Gasteiger partial charge in [-0.15, -0.1) is 0 Å². The zero-order chi connectivity index (χ0) is 41.9. The molecule has 1 atom stereocenters. The summed E-state index contributed by atoms with van der Waals surface area (Å²) >= 11 is 0. The van der Waals surface area contributed by atoms with Crippen LogP contribution in [0.3, 0.4) is 0 Å². The standard InChI is InChI=1S/C43H43F2N9O6/c44-33-18-25(19-34(45)32(33)24-52-14-16-60-17-15-52)29-2-1-3-35-40(29)50-36(23-49-35)26(21-46)22-48-27-9-12-53(13-10-27)39(56)8-11-47-28-4-5-30-31(20-28)43(59)54(42(30)58)37-6-7-38(55)51-41(37)57/h1-5,18-23,27,37,47H,6-17,24,46H2,(H,51,55,57). The van der Waals surface area contributed by atoms with E-state index in [0.29, 0.717) is 91.3 Å². The van der Waals surface area contributed by atoms with Gasteiger partial charge in [0.1, 0.15) is 17.7 Å². The van der Waals surface area contributed by atoms with Gasteiger partial charge in [-0.2, -0.15) is 0 Å². The van der Waals surface area contributed by atoms with Gasteiger partial charge in [0.2, 0.25) is 17.7 Å². The third kappa shape index (κ3) is 8.35. The Morgan fingerprint density at radius 2 is 1.70 bits per heavy atom. The van der Waals surface area contributed by atoms with E-state index in [0.717, 1.165) is 4.90 Å². The van der Waals surface area contributed by atoms with Crippen molar-refractivity contribution in [3.63, 3.8) is 0 Å². The van der Waals surface area contributed by atoms with Gasteiger partial charge in [0.25, 0.3) is 11.8 Å². The lowest BCUT2D eigenvalue weighted by Gasteiger charge is -2.30. The number of anilines is 1. The van der Waals surface area contributed by atoms with Crippen LogP contribution in [-0.2, 0) is 25.7 Å². The number of nitrogens with one attached hydrogen (secondary N) is 2. The van der Waals surface area contributed by atoms with Gasteiger partial charge in [0.15, 0.2) is 0 Å². The minimum atomic E-state index is -1.05. The second kappa shape index (κ2) is 17.4. The lowest BCUT2D eigenvalue weighted by atomic mass is 10.0. The minimum Gasteiger partial charge on any atom is -0.404 e. The zero-order valence-electron chi connectivity index (χ0n) is 32.7. The molecule has 0 saturated carbocycles. The summed E-state index contributed by atoms with van der Waals surface area (Å²) in [4.78, 5) is 82.0. The first-order valence-corrected chi connectivity index (χ1v) is 19.9. The van der Waals surface area contributed by atoms with Crippen molar-refractivity contribution >= 4 is 58.0 Å². The molecule has 17 heteroatoms. The minimum absolute atomic E-state index is 0.0131. The van der Waals surface area contributed by atoms with Crippen molar-refractivity contribution in [3.05, 3.63) is 94.9 Å². The van der Waals surface area contributed by atoms with E-state index in [2.05, 4.69) is 15.6 Å². The van der Waals surface area contributed by atoms with Crippen LogP contribution in [0.4, 0.5) is 14.5 Å². The quantitative estimate of drug-likeness (QED) is 0.148. The maximum absolute atomic E-state index is 15.4. The Morgan fingerprint density at radius 1 is 0.950 bits per heavy atom. The normalized spacial score (nSPS) is 19.4. The number of morpholine rings is 1. The van der Waals surface area contributed by atoms with Crippen molar-refractivity contribution in [2.75, 3.05) is 51.3 Å². The molecule has 0 spiro atoms. The summed E-state index contributed by atoms with van der Waals surface area (Å²) in [5, 5.41) is 5.34. The van der Waals surface area contributed by atoms with E-state index >= 15 is 8.78 Å². The summed E-state index contributed by atoms with van der Waals surface area (Å²) in [6.45, 7) is 3.72. The molecule has 310 valence electrons. The number of para-hydroxylation sites is 1. The Bertz CT molecular complexity index is 2420. The molecule has 0 radical (unpaired) electrons. The predicted molar refractivity (Wildman–Crippen MR) is 217 cm³/mol. The molecule has 60 heavy (non-hydrogen) atoms. The van der Waals surface area contributed by atoms with Crippen LogP contribution in [0.2, 0.25) is 0 Å². The molecule has 4 aromatic rings. The van der Waals surface area contributed by atoms with Crippen molar-refractivity contribution in [3.8, 4) is 11.1 Å². The van der Waals surface area contributed by atoms with E-state index in [4.69, 9.17) is 20.4 Å². The summed E-state index contributed by atoms with van der Waals surface area (Å²) in [5.41, 5.74) is 9.76. The summed E-state index contributed by atoms with van der Waals surface area (Å²) in [7, 11) is 0. The molecule has 4 N–H and O–H groups in total. The first-order valence-electron chi connectivity index (χ1n) is 19.9. The fourth-order valence-electron chi connectivity index (χ4n) is 7.99. The number of rotatable bonds is 11. The number of nitrogens with two attached hydrogens (primary N) is 1. The van der Waals surface area contributed by atoms with E-state index < -0.39 is 41.3 Å². The molecule has 0 aliphatic carbocycles. The molecular weight excluding hydrogens is 777 g/mol. The number of likely N-dealkylation sites (tertiary alicyclic amines) is 1. The van der Waals surface area contributed by atoms with Gasteiger partial charge in [0, 0.05) is 86.9 Å². The van der Waals surface area contributed by atoms with Gasteiger partial charge in [-0.25, -0.2) is 13.8 Å². The number of aliphatic imine (C=N–C) groups is 1. The molecule has 4 aliphatic rings. The number of piperidine rings is 2. The first-order chi connectivity index (χ1) is 29.1. The highest BCUT2D eigenvalue weighted by atomic mass is 19.1. The molecule has 3 saturated heterocycles. The van der Waals surface area contributed by atoms with Crippen LogP contribution in [0.25, 0.3) is 27.7 Å². The van der Waals surface area contributed by atoms with Gasteiger partial charge < -0.3 is 20.7 Å². The highest BCUT2D eigenvalue weighted by molar-refractivity contribution is 6.23. The van der Waals surface area contributed by atoms with Gasteiger partial charge in [-0.3, -0.25) is 49.1 Å². The lowest BCUT2D eigenvalue weighted by molar-refractivity contribution is -0.136. The average Bonchev–Trinajstić information content (AvgIpc) is 3.50. The molecule has 1 unspecified atom stereocenters. The van der Waals surface area contributed by atoms with Crippen LogP contribution >= 0.6 is 0 Å². The Morgan fingerprint density at radius 3 is 2.43 bits per heavy atom. The number of aromatic nitrogens is 2. The second-order valence-electron chi connectivity index (χ2n) is 15.1. The second-order valence-corrected chi connectivity index (χ2v) is 15.1. The number of hydrogen-bond acceptors (Lipinski definition) is 12. The third-order valence-corrected chi connectivity index (χ3v) is 11.3. The molecule has 5 heterocycles. The number of allylic oxidation sites excluding steroid dienone is 1. The van der Waals surface area contributed by atoms with Crippen LogP contribution in [0.5, 0.6) is 0 Å². The van der Waals surface area contributed by atoms with Gasteiger partial charge in [0.05, 0.1) is 53.3 Å². The summed E-state index contributed by atoms with van der Waals surface area (Å²) in [6.07, 6.45) is 6.17. The van der Waals surface area contributed by atoms with Crippen molar-refractivity contribution in [2.24, 2.45) is 10.7 Å². The molecular formula is C43H43F2N9O6. The Kier molecular flexibility index (Phi) is 11.7. The van der Waals surface area contributed by atoms with E-state index in [9.17, 15) is 24.0 Å². The number of fused-ring (bicyclic) bond motifs is 2. The predicted octanol–water partition coefficient (Wildman–Crippen LogP) is 3.67. The van der Waals surface area contributed by atoms with Crippen LogP contribution in [0.1, 0.15) is 64.1 Å². The van der Waals surface area contributed by atoms with E-state index in [1.165, 1.54) is 30.5 Å². The monoisotopic (exact) mass is 819 g/mol. The topological polar surface area (TPSA) is 193 Å². The van der Waals surface area contributed by atoms with Crippen molar-refractivity contribution < 1.29 is 37.5 Å². The number of benzene rings is 3. The number of imide groups is 2. The zero-order valence-corrected chi connectivity index (χ0v) is 32.7. The van der Waals surface area contributed by atoms with Crippen LogP contribution in [-0.4, -0.2) is 118 Å². The summed E-state index contributed by atoms with van der Waals surface area (Å²) in [5.74, 6) is -3.60. The summed E-state index contributed by atoms with van der Waals surface area (Å²) < 4.78 is 36.1. The van der Waals surface area contributed by atoms with E-state index in [-0.39, 0.29) is 61.0 Å². The molecule has 5 amide bonds. The number of hydrogen-bond donors (Lipinski definition) is 3. The molecule has 3 aromatic carbocycles. The van der Waals surface area contributed by atoms with Gasteiger partial charge in [-0.1, -0.05) is 12.1 Å². The molecule has 0 bridgehead atoms. The molecule has 3 fully saturated rings. The number of ether oxygens (including phenoxy) is 1. The highest BCUT2D eigenvalue weighted by Crippen LogP contribution is 2.32. The Hall–Kier alpha value is -6.46. The maximum atomic E-state index is 15.4. The molecule has 4 aliphatic heterocycles. The molecule has 8 rings (SSSR count). The number of nitrogens with zero attached hydrogens (tertiary/aromatic N) is 6. The first kappa shape index (κ1) is 40.3. The average molecular weight is 820 g/mol. The number of halogens is 2. The largest absolute Gasteiger partial charge is 0.404 e. The van der Waals surface area contributed by atoms with Crippen molar-refractivity contribution in [2.45, 2.75) is 50.7 Å². The fourth-order valence-corrected chi connectivity index (χ4v) is 7.99. The van der Waals surface area contributed by atoms with Crippen molar-refractivity contribution in [1.29, 1.82) is 0 Å². The Balaban J connectivity index is 0.848. The van der Waals surface area contributed by atoms with Gasteiger partial charge in [-0.05, 0) is 61.2 Å². The van der Waals surface area contributed by atoms with Crippen LogP contribution in [0.15, 0.2) is 65.9 Å². The number of carbonyl (C=O) groups is 5. The smallest absolute Gasteiger partial charge is 0.262 e. The lowest BCUT2D eigenvalue weighted by Crippen LogP contribution is -2.54. The third-order valence-electron chi connectivity index (χ3n) is 11.3. The highest BCUT2D eigenvalue weighted by Gasteiger charge is 2.44. The molecule has 15 nitrogen and oxygen atoms in total. The number of amides is 5. The van der Waals surface area contributed by atoms with E-state index in [1.807, 2.05) is 4.90 Å². The fraction of sp³-hybridized carbons (Fsp3) is 0.349.